The number of halogens is 1. The van der Waals surface area contributed by atoms with Crippen LogP contribution >= 0.6 is 12.4 Å². The average Bonchev–Trinajstić information content (AvgIpc) is 3.17. The van der Waals surface area contributed by atoms with E-state index >= 15 is 0 Å². The van der Waals surface area contributed by atoms with E-state index in [1.54, 1.807) is 10.9 Å². The lowest BCUT2D eigenvalue weighted by Gasteiger charge is -2.10. The number of carboxylic acid groups (broad SMARTS) is 1. The molecule has 1 saturated heterocycles. The average molecular weight is 337 g/mol. The van der Waals surface area contributed by atoms with Crippen molar-refractivity contribution >= 4 is 24.3 Å². The summed E-state index contributed by atoms with van der Waals surface area (Å²) in [7, 11) is 0. The van der Waals surface area contributed by atoms with Gasteiger partial charge in [-0.25, -0.2) is 4.68 Å². The van der Waals surface area contributed by atoms with E-state index in [2.05, 4.69) is 15.7 Å². The predicted molar refractivity (Wildman–Crippen MR) is 86.1 cm³/mol. The first kappa shape index (κ1) is 17.0. The number of nitrogens with one attached hydrogen (secondary N) is 2. The van der Waals surface area contributed by atoms with Crippen molar-refractivity contribution in [2.75, 3.05) is 6.54 Å². The molecule has 7 nitrogen and oxygen atoms in total. The van der Waals surface area contributed by atoms with Gasteiger partial charge in [0, 0.05) is 18.8 Å². The Morgan fingerprint density at radius 2 is 2.04 bits per heavy atom. The third-order valence-corrected chi connectivity index (χ3v) is 3.63. The standard InChI is InChI=1S/C15H16N4O3.ClH/c20-14(18-11-6-13(15(21)22)16-8-11)10-7-17-19(9-10)12-4-2-1-3-5-12;/h1-5,7,9,11,13,16H,6,8H2,(H,18,20)(H,21,22);1H/t11-,13-;/m0./s1. The molecule has 122 valence electrons. The summed E-state index contributed by atoms with van der Waals surface area (Å²) in [5.74, 6) is -1.14. The van der Waals surface area contributed by atoms with E-state index in [9.17, 15) is 9.59 Å². The van der Waals surface area contributed by atoms with Gasteiger partial charge in [-0.1, -0.05) is 18.2 Å². The van der Waals surface area contributed by atoms with Crippen LogP contribution in [0.1, 0.15) is 16.8 Å². The molecule has 1 aromatic carbocycles. The molecule has 1 aliphatic rings. The first-order chi connectivity index (χ1) is 10.6. The molecule has 1 aliphatic heterocycles. The second-order valence-electron chi connectivity index (χ2n) is 5.21. The summed E-state index contributed by atoms with van der Waals surface area (Å²) < 4.78 is 1.63. The molecule has 0 spiro atoms. The molecular weight excluding hydrogens is 320 g/mol. The fourth-order valence-corrected chi connectivity index (χ4v) is 2.46. The molecule has 0 radical (unpaired) electrons. The van der Waals surface area contributed by atoms with Crippen molar-refractivity contribution in [1.29, 1.82) is 0 Å². The Labute approximate surface area is 139 Å². The number of hydrogen-bond donors (Lipinski definition) is 3. The van der Waals surface area contributed by atoms with Crippen molar-refractivity contribution in [3.05, 3.63) is 48.3 Å². The van der Waals surface area contributed by atoms with Gasteiger partial charge in [0.15, 0.2) is 0 Å². The Bertz CT molecular complexity index is 689. The molecule has 1 fully saturated rings. The number of rotatable bonds is 4. The molecule has 0 aliphatic carbocycles. The van der Waals surface area contributed by atoms with Gasteiger partial charge in [-0.05, 0) is 18.6 Å². The van der Waals surface area contributed by atoms with Gasteiger partial charge in [-0.3, -0.25) is 9.59 Å². The van der Waals surface area contributed by atoms with Crippen molar-refractivity contribution in [2.24, 2.45) is 0 Å². The van der Waals surface area contributed by atoms with E-state index in [1.165, 1.54) is 6.20 Å². The van der Waals surface area contributed by atoms with Crippen LogP contribution in [0.25, 0.3) is 5.69 Å². The van der Waals surface area contributed by atoms with E-state index < -0.39 is 12.0 Å². The van der Waals surface area contributed by atoms with Crippen molar-refractivity contribution in [2.45, 2.75) is 18.5 Å². The maximum absolute atomic E-state index is 12.2. The molecule has 2 aromatic rings. The molecule has 1 aromatic heterocycles. The Morgan fingerprint density at radius 3 is 2.70 bits per heavy atom. The van der Waals surface area contributed by atoms with Gasteiger partial charge in [-0.2, -0.15) is 5.10 Å². The number of aromatic nitrogens is 2. The lowest BCUT2D eigenvalue weighted by atomic mass is 10.1. The Balaban J connectivity index is 0.00000192. The van der Waals surface area contributed by atoms with Crippen LogP contribution in [0, 0.1) is 0 Å². The molecule has 2 atom stereocenters. The molecule has 23 heavy (non-hydrogen) atoms. The Kier molecular flexibility index (Phi) is 5.36. The first-order valence-corrected chi connectivity index (χ1v) is 7.00. The minimum atomic E-state index is -0.895. The number of para-hydroxylation sites is 1. The molecule has 3 N–H and O–H groups in total. The molecule has 0 unspecified atom stereocenters. The maximum atomic E-state index is 12.2. The van der Waals surface area contributed by atoms with E-state index in [4.69, 9.17) is 5.11 Å². The summed E-state index contributed by atoms with van der Waals surface area (Å²) in [6, 6.07) is 8.71. The third-order valence-electron chi connectivity index (χ3n) is 3.63. The number of amides is 1. The van der Waals surface area contributed by atoms with Gasteiger partial charge < -0.3 is 15.7 Å². The zero-order chi connectivity index (χ0) is 15.5. The summed E-state index contributed by atoms with van der Waals surface area (Å²) in [6.07, 6.45) is 3.54. The summed E-state index contributed by atoms with van der Waals surface area (Å²) in [4.78, 5) is 23.1. The maximum Gasteiger partial charge on any atom is 0.320 e. The topological polar surface area (TPSA) is 96.2 Å². The van der Waals surface area contributed by atoms with Crippen LogP contribution in [-0.4, -0.2) is 45.4 Å². The Hall–Kier alpha value is -2.38. The minimum Gasteiger partial charge on any atom is -0.480 e. The highest BCUT2D eigenvalue weighted by Gasteiger charge is 2.30. The largest absolute Gasteiger partial charge is 0.480 e. The lowest BCUT2D eigenvalue weighted by molar-refractivity contribution is -0.139. The smallest absolute Gasteiger partial charge is 0.320 e. The molecule has 0 bridgehead atoms. The van der Waals surface area contributed by atoms with Crippen LogP contribution < -0.4 is 10.6 Å². The van der Waals surface area contributed by atoms with Gasteiger partial charge in [0.1, 0.15) is 6.04 Å². The summed E-state index contributed by atoms with van der Waals surface area (Å²) in [5, 5.41) is 18.8. The monoisotopic (exact) mass is 336 g/mol. The predicted octanol–water partition coefficient (Wildman–Crippen LogP) is 0.839. The number of carbonyl (C=O) groups is 2. The fraction of sp³-hybridized carbons (Fsp3) is 0.267. The van der Waals surface area contributed by atoms with Gasteiger partial charge in [-0.15, -0.1) is 12.4 Å². The van der Waals surface area contributed by atoms with Crippen LogP contribution in [0.15, 0.2) is 42.7 Å². The second kappa shape index (κ2) is 7.26. The van der Waals surface area contributed by atoms with Crippen LogP contribution in [0.2, 0.25) is 0 Å². The van der Waals surface area contributed by atoms with Crippen LogP contribution in [-0.2, 0) is 4.79 Å². The summed E-state index contributed by atoms with van der Waals surface area (Å²) in [5.41, 5.74) is 1.32. The van der Waals surface area contributed by atoms with Crippen LogP contribution in [0.5, 0.6) is 0 Å². The third kappa shape index (κ3) is 3.88. The van der Waals surface area contributed by atoms with Gasteiger partial charge in [0.25, 0.3) is 5.91 Å². The second-order valence-corrected chi connectivity index (χ2v) is 5.21. The number of nitrogens with zero attached hydrogens (tertiary/aromatic N) is 2. The number of carboxylic acids is 1. The molecule has 1 amide bonds. The molecule has 0 saturated carbocycles. The molecule has 3 rings (SSSR count). The fourth-order valence-electron chi connectivity index (χ4n) is 2.46. The zero-order valence-corrected chi connectivity index (χ0v) is 13.0. The van der Waals surface area contributed by atoms with Gasteiger partial charge in [0.05, 0.1) is 17.4 Å². The van der Waals surface area contributed by atoms with Crippen molar-refractivity contribution < 1.29 is 14.7 Å². The number of hydrogen-bond acceptors (Lipinski definition) is 4. The molecular formula is C15H17ClN4O3. The summed E-state index contributed by atoms with van der Waals surface area (Å²) in [6.45, 7) is 0.454. The number of benzene rings is 1. The number of aliphatic carboxylic acids is 1. The zero-order valence-electron chi connectivity index (χ0n) is 12.2. The van der Waals surface area contributed by atoms with E-state index in [0.717, 1.165) is 5.69 Å². The van der Waals surface area contributed by atoms with E-state index in [-0.39, 0.29) is 24.4 Å². The van der Waals surface area contributed by atoms with Gasteiger partial charge >= 0.3 is 5.97 Å². The highest BCUT2D eigenvalue weighted by atomic mass is 35.5. The minimum absolute atomic E-state index is 0. The SMILES string of the molecule is Cl.O=C(N[C@@H]1CN[C@H](C(=O)O)C1)c1cnn(-c2ccccc2)c1. The van der Waals surface area contributed by atoms with E-state index in [1.807, 2.05) is 30.3 Å². The highest BCUT2D eigenvalue weighted by Crippen LogP contribution is 2.10. The quantitative estimate of drug-likeness (QED) is 0.769. The first-order valence-electron chi connectivity index (χ1n) is 7.00. The Morgan fingerprint density at radius 1 is 1.30 bits per heavy atom. The van der Waals surface area contributed by atoms with Crippen LogP contribution in [0.3, 0.4) is 0 Å². The summed E-state index contributed by atoms with van der Waals surface area (Å²) >= 11 is 0. The normalized spacial score (nSPS) is 19.8. The van der Waals surface area contributed by atoms with Gasteiger partial charge in [0.2, 0.25) is 0 Å². The highest BCUT2D eigenvalue weighted by molar-refractivity contribution is 5.94. The number of carbonyl (C=O) groups excluding carboxylic acids is 1. The van der Waals surface area contributed by atoms with Crippen molar-refractivity contribution in [3.8, 4) is 5.69 Å². The van der Waals surface area contributed by atoms with E-state index in [0.29, 0.717) is 18.5 Å². The molecule has 2 heterocycles. The van der Waals surface area contributed by atoms with Crippen molar-refractivity contribution in [3.63, 3.8) is 0 Å². The van der Waals surface area contributed by atoms with Crippen LogP contribution in [0.4, 0.5) is 0 Å². The van der Waals surface area contributed by atoms with Crippen molar-refractivity contribution in [1.82, 2.24) is 20.4 Å². The lowest BCUT2D eigenvalue weighted by Crippen LogP contribution is -2.36. The molecule has 8 heteroatoms.